The molecule has 0 atom stereocenters. The Hall–Kier alpha value is -3.02. The maximum absolute atomic E-state index is 13.0. The molecule has 5 rings (SSSR count). The number of hydrogen-bond acceptors (Lipinski definition) is 4. The smallest absolute Gasteiger partial charge is 0.231 e. The van der Waals surface area contributed by atoms with Crippen LogP contribution in [0.1, 0.15) is 36.0 Å². The topological polar surface area (TPSA) is 59.1 Å². The van der Waals surface area contributed by atoms with Crippen LogP contribution in [-0.2, 0) is 29.0 Å². The number of rotatable bonds is 4. The maximum atomic E-state index is 13.0. The molecule has 2 aromatic carbocycles. The summed E-state index contributed by atoms with van der Waals surface area (Å²) in [5.41, 5.74) is 3.70. The largest absolute Gasteiger partial charge is 0.454 e. The van der Waals surface area contributed by atoms with Gasteiger partial charge in [0.25, 0.3) is 0 Å². The van der Waals surface area contributed by atoms with Crippen LogP contribution in [0.15, 0.2) is 42.5 Å². The molecule has 0 spiro atoms. The van der Waals surface area contributed by atoms with Crippen LogP contribution in [0.3, 0.4) is 0 Å². The van der Waals surface area contributed by atoms with Gasteiger partial charge >= 0.3 is 0 Å². The number of piperidine rings is 1. The zero-order chi connectivity index (χ0) is 21.2. The summed E-state index contributed by atoms with van der Waals surface area (Å²) in [5.74, 6) is 1.96. The van der Waals surface area contributed by atoms with Crippen LogP contribution >= 0.6 is 0 Å². The highest BCUT2D eigenvalue weighted by atomic mass is 16.7. The molecule has 3 aliphatic heterocycles. The van der Waals surface area contributed by atoms with E-state index in [1.165, 1.54) is 11.1 Å². The lowest BCUT2D eigenvalue weighted by Crippen LogP contribution is -2.45. The summed E-state index contributed by atoms with van der Waals surface area (Å²) in [6, 6.07) is 14.2. The monoisotopic (exact) mass is 420 g/mol. The normalized spacial score (nSPS) is 18.1. The highest BCUT2D eigenvalue weighted by Crippen LogP contribution is 2.33. The molecule has 2 aromatic rings. The minimum Gasteiger partial charge on any atom is -0.454 e. The fourth-order valence-electron chi connectivity index (χ4n) is 4.82. The zero-order valence-electron chi connectivity index (χ0n) is 17.7. The summed E-state index contributed by atoms with van der Waals surface area (Å²) < 4.78 is 10.7. The van der Waals surface area contributed by atoms with Crippen molar-refractivity contribution in [3.8, 4) is 11.5 Å². The molecule has 0 radical (unpaired) electrons. The molecular weight excluding hydrogens is 392 g/mol. The van der Waals surface area contributed by atoms with Crippen LogP contribution in [-0.4, -0.2) is 48.0 Å². The number of benzene rings is 2. The van der Waals surface area contributed by atoms with Crippen molar-refractivity contribution in [1.29, 1.82) is 0 Å². The number of amides is 2. The average Bonchev–Trinajstić information content (AvgIpc) is 3.30. The van der Waals surface area contributed by atoms with E-state index in [0.717, 1.165) is 42.9 Å². The van der Waals surface area contributed by atoms with Crippen molar-refractivity contribution in [2.75, 3.05) is 26.4 Å². The first-order chi connectivity index (χ1) is 15.2. The predicted molar refractivity (Wildman–Crippen MR) is 116 cm³/mol. The molecule has 0 aliphatic carbocycles. The van der Waals surface area contributed by atoms with E-state index >= 15 is 0 Å². The summed E-state index contributed by atoms with van der Waals surface area (Å²) in [6.45, 7) is 3.10. The number of fused-ring (bicyclic) bond motifs is 2. The molecule has 162 valence electrons. The van der Waals surface area contributed by atoms with E-state index in [1.807, 2.05) is 34.1 Å². The van der Waals surface area contributed by atoms with Gasteiger partial charge in [-0.1, -0.05) is 30.3 Å². The predicted octanol–water partition coefficient (Wildman–Crippen LogP) is 3.17. The Balaban J connectivity index is 1.10. The van der Waals surface area contributed by atoms with Crippen LogP contribution in [0.4, 0.5) is 0 Å². The third kappa shape index (κ3) is 4.24. The van der Waals surface area contributed by atoms with E-state index < -0.39 is 0 Å². The number of aryl methyl sites for hydroxylation is 1. The summed E-state index contributed by atoms with van der Waals surface area (Å²) >= 11 is 0. The van der Waals surface area contributed by atoms with Crippen LogP contribution in [0.25, 0.3) is 0 Å². The molecule has 1 saturated heterocycles. The molecule has 0 saturated carbocycles. The minimum absolute atomic E-state index is 0.0307. The lowest BCUT2D eigenvalue weighted by Gasteiger charge is -2.36. The fourth-order valence-corrected chi connectivity index (χ4v) is 4.82. The quantitative estimate of drug-likeness (QED) is 0.762. The SMILES string of the molecule is O=C(CCc1ccc2c(c1)OCO2)N1CCC(C(=O)N2CCc3ccccc3C2)CC1. The number of likely N-dealkylation sites (tertiary alicyclic amines) is 1. The second kappa shape index (κ2) is 8.61. The second-order valence-electron chi connectivity index (χ2n) is 8.62. The van der Waals surface area contributed by atoms with Crippen molar-refractivity contribution >= 4 is 11.8 Å². The standard InChI is InChI=1S/C25H28N2O4/c28-24(8-6-18-5-7-22-23(15-18)31-17-30-22)26-12-10-20(11-13-26)25(29)27-14-9-19-3-1-2-4-21(19)16-27/h1-5,7,15,20H,6,8-14,16-17H2. The molecule has 0 aromatic heterocycles. The Morgan fingerprint density at radius 3 is 2.52 bits per heavy atom. The van der Waals surface area contributed by atoms with Crippen molar-refractivity contribution in [3.05, 3.63) is 59.2 Å². The van der Waals surface area contributed by atoms with Gasteiger partial charge in [0.15, 0.2) is 11.5 Å². The average molecular weight is 421 g/mol. The van der Waals surface area contributed by atoms with Gasteiger partial charge in [-0.3, -0.25) is 9.59 Å². The number of ether oxygens (including phenoxy) is 2. The first kappa shape index (κ1) is 19.9. The van der Waals surface area contributed by atoms with Crippen LogP contribution in [0, 0.1) is 5.92 Å². The van der Waals surface area contributed by atoms with Gasteiger partial charge in [0, 0.05) is 38.5 Å². The van der Waals surface area contributed by atoms with Gasteiger partial charge in [-0.05, 0) is 54.5 Å². The molecular formula is C25H28N2O4. The molecule has 3 heterocycles. The van der Waals surface area contributed by atoms with Crippen molar-refractivity contribution in [3.63, 3.8) is 0 Å². The van der Waals surface area contributed by atoms with Crippen LogP contribution < -0.4 is 9.47 Å². The molecule has 0 bridgehead atoms. The number of carbonyl (C=O) groups excluding carboxylic acids is 2. The minimum atomic E-state index is 0.0307. The molecule has 2 amide bonds. The van der Waals surface area contributed by atoms with E-state index in [4.69, 9.17) is 9.47 Å². The Morgan fingerprint density at radius 2 is 1.68 bits per heavy atom. The van der Waals surface area contributed by atoms with Gasteiger partial charge in [-0.25, -0.2) is 0 Å². The van der Waals surface area contributed by atoms with E-state index in [-0.39, 0.29) is 24.5 Å². The van der Waals surface area contributed by atoms with Gasteiger partial charge in [0.2, 0.25) is 18.6 Å². The van der Waals surface area contributed by atoms with Crippen molar-refractivity contribution in [2.45, 2.75) is 38.6 Å². The molecule has 6 heteroatoms. The lowest BCUT2D eigenvalue weighted by molar-refractivity contribution is -0.141. The molecule has 31 heavy (non-hydrogen) atoms. The van der Waals surface area contributed by atoms with Crippen molar-refractivity contribution in [1.82, 2.24) is 9.80 Å². The molecule has 1 fully saturated rings. The lowest BCUT2D eigenvalue weighted by atomic mass is 9.92. The number of carbonyl (C=O) groups is 2. The van der Waals surface area contributed by atoms with E-state index in [1.54, 1.807) is 0 Å². The fraction of sp³-hybridized carbons (Fsp3) is 0.440. The van der Waals surface area contributed by atoms with Crippen molar-refractivity contribution < 1.29 is 19.1 Å². The molecule has 0 unspecified atom stereocenters. The van der Waals surface area contributed by atoms with Crippen molar-refractivity contribution in [2.24, 2.45) is 5.92 Å². The Bertz CT molecular complexity index is 981. The van der Waals surface area contributed by atoms with Gasteiger partial charge < -0.3 is 19.3 Å². The van der Waals surface area contributed by atoms with Gasteiger partial charge in [0.1, 0.15) is 0 Å². The van der Waals surface area contributed by atoms with Crippen LogP contribution in [0.5, 0.6) is 11.5 Å². The number of nitrogens with zero attached hydrogens (tertiary/aromatic N) is 2. The second-order valence-corrected chi connectivity index (χ2v) is 8.62. The highest BCUT2D eigenvalue weighted by Gasteiger charge is 2.31. The Morgan fingerprint density at radius 1 is 0.903 bits per heavy atom. The van der Waals surface area contributed by atoms with Gasteiger partial charge in [-0.15, -0.1) is 0 Å². The number of hydrogen-bond donors (Lipinski definition) is 0. The highest BCUT2D eigenvalue weighted by molar-refractivity contribution is 5.80. The Kier molecular flexibility index (Phi) is 5.53. The molecule has 3 aliphatic rings. The zero-order valence-corrected chi connectivity index (χ0v) is 17.7. The molecule has 6 nitrogen and oxygen atoms in total. The van der Waals surface area contributed by atoms with Crippen LogP contribution in [0.2, 0.25) is 0 Å². The maximum Gasteiger partial charge on any atom is 0.231 e. The first-order valence-electron chi connectivity index (χ1n) is 11.2. The van der Waals surface area contributed by atoms with E-state index in [2.05, 4.69) is 18.2 Å². The summed E-state index contributed by atoms with van der Waals surface area (Å²) in [4.78, 5) is 29.7. The summed E-state index contributed by atoms with van der Waals surface area (Å²) in [5, 5.41) is 0. The third-order valence-corrected chi connectivity index (χ3v) is 6.70. The first-order valence-corrected chi connectivity index (χ1v) is 11.2. The third-order valence-electron chi connectivity index (χ3n) is 6.70. The van der Waals surface area contributed by atoms with E-state index in [0.29, 0.717) is 32.5 Å². The summed E-state index contributed by atoms with van der Waals surface area (Å²) in [7, 11) is 0. The summed E-state index contributed by atoms with van der Waals surface area (Å²) in [6.07, 6.45) is 3.60. The van der Waals surface area contributed by atoms with Gasteiger partial charge in [0.05, 0.1) is 0 Å². The molecule has 0 N–H and O–H groups in total. The van der Waals surface area contributed by atoms with Gasteiger partial charge in [-0.2, -0.15) is 0 Å². The van der Waals surface area contributed by atoms with E-state index in [9.17, 15) is 9.59 Å². The Labute approximate surface area is 182 Å².